The van der Waals surface area contributed by atoms with E-state index in [4.69, 9.17) is 0 Å². The van der Waals surface area contributed by atoms with Crippen LogP contribution in [0.1, 0.15) is 19.3 Å². The number of rotatable bonds is 2. The van der Waals surface area contributed by atoms with Gasteiger partial charge in [-0.25, -0.2) is 0 Å². The van der Waals surface area contributed by atoms with Crippen LogP contribution in [0.25, 0.3) is 0 Å². The molecule has 0 bridgehead atoms. The highest BCUT2D eigenvalue weighted by Crippen LogP contribution is 2.26. The third-order valence-electron chi connectivity index (χ3n) is 4.24. The Bertz CT molecular complexity index is 390. The fourth-order valence-corrected chi connectivity index (χ4v) is 3.64. The van der Waals surface area contributed by atoms with Crippen LogP contribution in [-0.4, -0.2) is 43.4 Å². The second-order valence-corrected chi connectivity index (χ2v) is 6.21. The van der Waals surface area contributed by atoms with E-state index in [1.54, 1.807) is 0 Å². The second kappa shape index (κ2) is 5.54. The zero-order valence-corrected chi connectivity index (χ0v) is 12.0. The normalized spacial score (nSPS) is 24.9. The van der Waals surface area contributed by atoms with Crippen molar-refractivity contribution in [3.8, 4) is 0 Å². The van der Waals surface area contributed by atoms with E-state index in [0.717, 1.165) is 6.04 Å². The topological polar surface area (TPSA) is 6.48 Å². The summed E-state index contributed by atoms with van der Waals surface area (Å²) in [7, 11) is 0. The van der Waals surface area contributed by atoms with Crippen molar-refractivity contribution in [1.82, 2.24) is 4.90 Å². The molecular weight excluding hydrogens is 240 g/mol. The van der Waals surface area contributed by atoms with Gasteiger partial charge in [0.15, 0.2) is 0 Å². The van der Waals surface area contributed by atoms with Crippen molar-refractivity contribution in [2.24, 2.45) is 0 Å². The number of nitrogens with zero attached hydrogens (tertiary/aromatic N) is 2. The van der Waals surface area contributed by atoms with Gasteiger partial charge in [-0.2, -0.15) is 0 Å². The number of fused-ring (bicyclic) bond motifs is 1. The van der Waals surface area contributed by atoms with Crippen LogP contribution in [0.2, 0.25) is 0 Å². The summed E-state index contributed by atoms with van der Waals surface area (Å²) in [6.45, 7) is 5.05. The van der Waals surface area contributed by atoms with Gasteiger partial charge in [-0.05, 0) is 56.3 Å². The minimum atomic E-state index is 0.799. The Labute approximate surface area is 114 Å². The van der Waals surface area contributed by atoms with Crippen molar-refractivity contribution in [2.45, 2.75) is 30.2 Å². The van der Waals surface area contributed by atoms with E-state index in [1.807, 2.05) is 11.8 Å². The van der Waals surface area contributed by atoms with Gasteiger partial charge in [0.05, 0.1) is 0 Å². The van der Waals surface area contributed by atoms with Gasteiger partial charge in [-0.15, -0.1) is 11.8 Å². The number of hydrogen-bond acceptors (Lipinski definition) is 3. The minimum Gasteiger partial charge on any atom is -0.370 e. The van der Waals surface area contributed by atoms with E-state index in [-0.39, 0.29) is 0 Å². The predicted octanol–water partition coefficient (Wildman–Crippen LogP) is 3.08. The summed E-state index contributed by atoms with van der Waals surface area (Å²) in [5.74, 6) is 0. The summed E-state index contributed by atoms with van der Waals surface area (Å²) in [5.41, 5.74) is 1.40. The molecule has 0 aliphatic carbocycles. The van der Waals surface area contributed by atoms with Crippen LogP contribution in [0.15, 0.2) is 29.2 Å². The van der Waals surface area contributed by atoms with Gasteiger partial charge in [0.2, 0.25) is 0 Å². The van der Waals surface area contributed by atoms with Crippen molar-refractivity contribution >= 4 is 17.4 Å². The Morgan fingerprint density at radius 3 is 2.61 bits per heavy atom. The van der Waals surface area contributed by atoms with Crippen LogP contribution in [-0.2, 0) is 0 Å². The molecule has 2 aliphatic rings. The Morgan fingerprint density at radius 2 is 1.83 bits per heavy atom. The monoisotopic (exact) mass is 262 g/mol. The molecule has 1 aromatic rings. The molecule has 1 atom stereocenters. The Kier molecular flexibility index (Phi) is 3.80. The van der Waals surface area contributed by atoms with E-state index in [9.17, 15) is 0 Å². The molecule has 2 saturated heterocycles. The molecule has 0 radical (unpaired) electrons. The Hall–Kier alpha value is -0.670. The fourth-order valence-electron chi connectivity index (χ4n) is 3.23. The molecule has 2 aliphatic heterocycles. The smallest absolute Gasteiger partial charge is 0.0367 e. The molecule has 0 spiro atoms. The van der Waals surface area contributed by atoms with E-state index in [0.29, 0.717) is 0 Å². The summed E-state index contributed by atoms with van der Waals surface area (Å²) >= 11 is 1.82. The molecule has 0 amide bonds. The van der Waals surface area contributed by atoms with E-state index < -0.39 is 0 Å². The zero-order valence-electron chi connectivity index (χ0n) is 11.1. The molecule has 3 rings (SSSR count). The molecule has 2 heterocycles. The van der Waals surface area contributed by atoms with Crippen LogP contribution in [0.5, 0.6) is 0 Å². The third kappa shape index (κ3) is 2.52. The molecule has 0 aromatic heterocycles. The molecule has 0 N–H and O–H groups in total. The highest BCUT2D eigenvalue weighted by molar-refractivity contribution is 7.98. The lowest BCUT2D eigenvalue weighted by atomic mass is 10.2. The van der Waals surface area contributed by atoms with Crippen molar-refractivity contribution in [1.29, 1.82) is 0 Å². The Morgan fingerprint density at radius 1 is 1.06 bits per heavy atom. The van der Waals surface area contributed by atoms with Gasteiger partial charge in [0.25, 0.3) is 0 Å². The summed E-state index contributed by atoms with van der Waals surface area (Å²) in [6, 6.07) is 9.87. The van der Waals surface area contributed by atoms with Crippen molar-refractivity contribution in [3.63, 3.8) is 0 Å². The standard InChI is InChI=1S/C15H22N2S/c1-18-15-7-5-13(6-8-15)17-11-3-10-16-9-2-4-14(16)12-17/h5-8,14H,2-4,9-12H2,1H3. The maximum Gasteiger partial charge on any atom is 0.0367 e. The molecule has 2 nitrogen and oxygen atoms in total. The van der Waals surface area contributed by atoms with Crippen molar-refractivity contribution in [2.75, 3.05) is 37.3 Å². The number of hydrogen-bond donors (Lipinski definition) is 0. The Balaban J connectivity index is 1.74. The molecule has 1 aromatic carbocycles. The number of anilines is 1. The number of benzene rings is 1. The molecule has 98 valence electrons. The highest BCUT2D eigenvalue weighted by atomic mass is 32.2. The van der Waals surface area contributed by atoms with Crippen molar-refractivity contribution < 1.29 is 0 Å². The quantitative estimate of drug-likeness (QED) is 0.756. The van der Waals surface area contributed by atoms with Gasteiger partial charge in [0.1, 0.15) is 0 Å². The maximum atomic E-state index is 2.69. The predicted molar refractivity (Wildman–Crippen MR) is 79.6 cm³/mol. The van der Waals surface area contributed by atoms with Gasteiger partial charge in [-0.1, -0.05) is 0 Å². The van der Waals surface area contributed by atoms with Gasteiger partial charge in [-0.3, -0.25) is 4.90 Å². The SMILES string of the molecule is CSc1ccc(N2CCCN3CCCC3C2)cc1. The molecule has 3 heteroatoms. The van der Waals surface area contributed by atoms with Gasteiger partial charge in [0, 0.05) is 36.3 Å². The van der Waals surface area contributed by atoms with E-state index in [2.05, 4.69) is 40.3 Å². The van der Waals surface area contributed by atoms with Crippen LogP contribution in [0.3, 0.4) is 0 Å². The van der Waals surface area contributed by atoms with E-state index >= 15 is 0 Å². The van der Waals surface area contributed by atoms with Crippen LogP contribution < -0.4 is 4.90 Å². The summed E-state index contributed by atoms with van der Waals surface area (Å²) < 4.78 is 0. The molecule has 0 saturated carbocycles. The summed E-state index contributed by atoms with van der Waals surface area (Å²) in [5, 5.41) is 0. The lowest BCUT2D eigenvalue weighted by Crippen LogP contribution is -2.36. The highest BCUT2D eigenvalue weighted by Gasteiger charge is 2.28. The maximum absolute atomic E-state index is 2.69. The average Bonchev–Trinajstić information content (AvgIpc) is 2.76. The summed E-state index contributed by atoms with van der Waals surface area (Å²) in [4.78, 5) is 6.63. The minimum absolute atomic E-state index is 0.799. The molecular formula is C15H22N2S. The lowest BCUT2D eigenvalue weighted by Gasteiger charge is -2.27. The average molecular weight is 262 g/mol. The first-order valence-corrected chi connectivity index (χ1v) is 8.22. The van der Waals surface area contributed by atoms with Crippen molar-refractivity contribution in [3.05, 3.63) is 24.3 Å². The van der Waals surface area contributed by atoms with E-state index in [1.165, 1.54) is 56.0 Å². The number of thioether (sulfide) groups is 1. The lowest BCUT2D eigenvalue weighted by molar-refractivity contribution is 0.273. The first-order chi connectivity index (χ1) is 8.86. The zero-order chi connectivity index (χ0) is 12.4. The van der Waals surface area contributed by atoms with Crippen LogP contribution >= 0.6 is 11.8 Å². The third-order valence-corrected chi connectivity index (χ3v) is 4.98. The van der Waals surface area contributed by atoms with Gasteiger partial charge < -0.3 is 4.90 Å². The molecule has 18 heavy (non-hydrogen) atoms. The van der Waals surface area contributed by atoms with Crippen LogP contribution in [0, 0.1) is 0 Å². The molecule has 2 fully saturated rings. The largest absolute Gasteiger partial charge is 0.370 e. The first-order valence-electron chi connectivity index (χ1n) is 7.00. The molecule has 1 unspecified atom stereocenters. The second-order valence-electron chi connectivity index (χ2n) is 5.33. The van der Waals surface area contributed by atoms with Gasteiger partial charge >= 0.3 is 0 Å². The fraction of sp³-hybridized carbons (Fsp3) is 0.600. The van der Waals surface area contributed by atoms with Crippen LogP contribution in [0.4, 0.5) is 5.69 Å². The summed E-state index contributed by atoms with van der Waals surface area (Å²) in [6.07, 6.45) is 6.22. The first kappa shape index (κ1) is 12.4.